The van der Waals surface area contributed by atoms with Crippen LogP contribution in [0.3, 0.4) is 0 Å². The highest BCUT2D eigenvalue weighted by molar-refractivity contribution is 5.50. The van der Waals surface area contributed by atoms with Crippen LogP contribution in [-0.2, 0) is 17.6 Å². The molecule has 0 fully saturated rings. The minimum atomic E-state index is -2.31. The zero-order valence-electron chi connectivity index (χ0n) is 7.75. The number of hydrogen-bond donors (Lipinski definition) is 0. The largest absolute Gasteiger partial charge is 0.303 e. The van der Waals surface area contributed by atoms with Crippen molar-refractivity contribution in [3.05, 3.63) is 35.4 Å². The first-order chi connectivity index (χ1) is 6.72. The van der Waals surface area contributed by atoms with Crippen LogP contribution in [0.1, 0.15) is 17.5 Å². The standard InChI is InChI=1S/C11H12F2O/c12-11(13)8-10-4-1-3-9(7-10)5-2-6-14/h1,3-4,6-7,11H,2,5,8H2. The van der Waals surface area contributed by atoms with E-state index in [1.54, 1.807) is 18.2 Å². The predicted molar refractivity (Wildman–Crippen MR) is 50.5 cm³/mol. The maximum atomic E-state index is 12.0. The third-order valence-electron chi connectivity index (χ3n) is 1.93. The van der Waals surface area contributed by atoms with Crippen LogP contribution in [-0.4, -0.2) is 12.7 Å². The topological polar surface area (TPSA) is 17.1 Å². The molecule has 0 saturated heterocycles. The summed E-state index contributed by atoms with van der Waals surface area (Å²) >= 11 is 0. The molecule has 14 heavy (non-hydrogen) atoms. The third kappa shape index (κ3) is 3.64. The summed E-state index contributed by atoms with van der Waals surface area (Å²) in [5.74, 6) is 0. The molecule has 0 saturated carbocycles. The fourth-order valence-electron chi connectivity index (χ4n) is 1.32. The van der Waals surface area contributed by atoms with E-state index in [0.29, 0.717) is 18.4 Å². The van der Waals surface area contributed by atoms with Gasteiger partial charge < -0.3 is 4.79 Å². The van der Waals surface area contributed by atoms with E-state index >= 15 is 0 Å². The van der Waals surface area contributed by atoms with Gasteiger partial charge in [0.05, 0.1) is 0 Å². The van der Waals surface area contributed by atoms with Crippen molar-refractivity contribution in [2.24, 2.45) is 0 Å². The molecule has 0 unspecified atom stereocenters. The Hall–Kier alpha value is -1.25. The molecule has 0 aliphatic heterocycles. The number of carbonyl (C=O) groups excluding carboxylic acids is 1. The van der Waals surface area contributed by atoms with Crippen LogP contribution in [0.25, 0.3) is 0 Å². The van der Waals surface area contributed by atoms with E-state index in [0.717, 1.165) is 11.8 Å². The van der Waals surface area contributed by atoms with Crippen LogP contribution in [0.2, 0.25) is 0 Å². The van der Waals surface area contributed by atoms with Crippen molar-refractivity contribution < 1.29 is 13.6 Å². The van der Waals surface area contributed by atoms with Crippen LogP contribution in [0.5, 0.6) is 0 Å². The quantitative estimate of drug-likeness (QED) is 0.665. The summed E-state index contributed by atoms with van der Waals surface area (Å²) < 4.78 is 24.1. The first-order valence-corrected chi connectivity index (χ1v) is 4.52. The second-order valence-corrected chi connectivity index (χ2v) is 3.12. The number of hydrogen-bond acceptors (Lipinski definition) is 1. The van der Waals surface area contributed by atoms with Gasteiger partial charge in [-0.1, -0.05) is 24.3 Å². The monoisotopic (exact) mass is 198 g/mol. The van der Waals surface area contributed by atoms with E-state index in [1.165, 1.54) is 0 Å². The molecule has 76 valence electrons. The van der Waals surface area contributed by atoms with Crippen molar-refractivity contribution in [1.82, 2.24) is 0 Å². The van der Waals surface area contributed by atoms with Gasteiger partial charge in [0.15, 0.2) is 0 Å². The Labute approximate surface area is 81.7 Å². The second-order valence-electron chi connectivity index (χ2n) is 3.12. The molecule has 0 aliphatic rings. The summed E-state index contributed by atoms with van der Waals surface area (Å²) in [5, 5.41) is 0. The molecule has 3 heteroatoms. The van der Waals surface area contributed by atoms with Crippen LogP contribution in [0.4, 0.5) is 8.78 Å². The fourth-order valence-corrected chi connectivity index (χ4v) is 1.32. The SMILES string of the molecule is O=CCCc1cccc(CC(F)F)c1. The Morgan fingerprint density at radius 3 is 2.64 bits per heavy atom. The summed E-state index contributed by atoms with van der Waals surface area (Å²) in [5.41, 5.74) is 1.57. The Morgan fingerprint density at radius 2 is 2.00 bits per heavy atom. The van der Waals surface area contributed by atoms with Crippen molar-refractivity contribution in [2.75, 3.05) is 0 Å². The fraction of sp³-hybridized carbons (Fsp3) is 0.364. The van der Waals surface area contributed by atoms with E-state index in [4.69, 9.17) is 0 Å². The molecule has 0 aromatic heterocycles. The van der Waals surface area contributed by atoms with Crippen molar-refractivity contribution in [3.8, 4) is 0 Å². The van der Waals surface area contributed by atoms with Gasteiger partial charge in [0.25, 0.3) is 0 Å². The van der Waals surface area contributed by atoms with Gasteiger partial charge in [-0.2, -0.15) is 0 Å². The lowest BCUT2D eigenvalue weighted by Gasteiger charge is -2.03. The van der Waals surface area contributed by atoms with E-state index < -0.39 is 6.43 Å². The van der Waals surface area contributed by atoms with Crippen molar-refractivity contribution in [2.45, 2.75) is 25.7 Å². The third-order valence-corrected chi connectivity index (χ3v) is 1.93. The van der Waals surface area contributed by atoms with E-state index in [-0.39, 0.29) is 6.42 Å². The van der Waals surface area contributed by atoms with Crippen molar-refractivity contribution >= 4 is 6.29 Å². The zero-order valence-corrected chi connectivity index (χ0v) is 7.75. The van der Waals surface area contributed by atoms with E-state index in [1.807, 2.05) is 6.07 Å². The van der Waals surface area contributed by atoms with Gasteiger partial charge in [0.1, 0.15) is 6.29 Å². The molecule has 0 aliphatic carbocycles. The van der Waals surface area contributed by atoms with Crippen LogP contribution >= 0.6 is 0 Å². The highest BCUT2D eigenvalue weighted by Gasteiger charge is 2.04. The van der Waals surface area contributed by atoms with E-state index in [2.05, 4.69) is 0 Å². The average molecular weight is 198 g/mol. The zero-order chi connectivity index (χ0) is 10.4. The molecule has 0 N–H and O–H groups in total. The number of halogens is 2. The Kier molecular flexibility index (Phi) is 4.23. The Balaban J connectivity index is 2.63. The van der Waals surface area contributed by atoms with Gasteiger partial charge in [-0.15, -0.1) is 0 Å². The molecule has 0 bridgehead atoms. The molecular formula is C11H12F2O. The molecule has 1 aromatic carbocycles. The molecule has 0 radical (unpaired) electrons. The molecule has 1 rings (SSSR count). The minimum absolute atomic E-state index is 0.213. The molecule has 0 atom stereocenters. The van der Waals surface area contributed by atoms with Gasteiger partial charge >= 0.3 is 0 Å². The van der Waals surface area contributed by atoms with Gasteiger partial charge in [-0.25, -0.2) is 8.78 Å². The smallest absolute Gasteiger partial charge is 0.242 e. The van der Waals surface area contributed by atoms with Gasteiger partial charge in [-0.3, -0.25) is 0 Å². The molecule has 0 spiro atoms. The van der Waals surface area contributed by atoms with Crippen LogP contribution in [0.15, 0.2) is 24.3 Å². The van der Waals surface area contributed by atoms with Gasteiger partial charge in [-0.05, 0) is 17.5 Å². The Bertz CT molecular complexity index is 297. The van der Waals surface area contributed by atoms with Crippen molar-refractivity contribution in [3.63, 3.8) is 0 Å². The van der Waals surface area contributed by atoms with Crippen molar-refractivity contribution in [1.29, 1.82) is 0 Å². The Morgan fingerprint density at radius 1 is 1.29 bits per heavy atom. The first kappa shape index (κ1) is 10.8. The number of alkyl halides is 2. The summed E-state index contributed by atoms with van der Waals surface area (Å²) in [6.45, 7) is 0. The minimum Gasteiger partial charge on any atom is -0.303 e. The maximum absolute atomic E-state index is 12.0. The highest BCUT2D eigenvalue weighted by Crippen LogP contribution is 2.11. The molecule has 0 heterocycles. The number of benzene rings is 1. The average Bonchev–Trinajstić information content (AvgIpc) is 2.14. The maximum Gasteiger partial charge on any atom is 0.242 e. The highest BCUT2D eigenvalue weighted by atomic mass is 19.3. The van der Waals surface area contributed by atoms with Gasteiger partial charge in [0, 0.05) is 12.8 Å². The van der Waals surface area contributed by atoms with Crippen LogP contribution < -0.4 is 0 Å². The second kappa shape index (κ2) is 5.47. The number of aldehydes is 1. The molecular weight excluding hydrogens is 186 g/mol. The summed E-state index contributed by atoms with van der Waals surface area (Å²) in [6, 6.07) is 7.00. The lowest BCUT2D eigenvalue weighted by atomic mass is 10.1. The number of aryl methyl sites for hydroxylation is 1. The lowest BCUT2D eigenvalue weighted by Crippen LogP contribution is -1.97. The normalized spacial score (nSPS) is 10.5. The van der Waals surface area contributed by atoms with Crippen LogP contribution in [0, 0.1) is 0 Å². The number of rotatable bonds is 5. The van der Waals surface area contributed by atoms with E-state index in [9.17, 15) is 13.6 Å². The summed E-state index contributed by atoms with van der Waals surface area (Å²) in [7, 11) is 0. The number of carbonyl (C=O) groups is 1. The summed E-state index contributed by atoms with van der Waals surface area (Å²) in [4.78, 5) is 10.1. The van der Waals surface area contributed by atoms with Gasteiger partial charge in [0.2, 0.25) is 6.43 Å². The summed E-state index contributed by atoms with van der Waals surface area (Å²) in [6.07, 6.45) is -0.621. The first-order valence-electron chi connectivity index (χ1n) is 4.52. The molecule has 1 aromatic rings. The predicted octanol–water partition coefficient (Wildman–Crippen LogP) is 2.63. The molecule has 1 nitrogen and oxygen atoms in total. The lowest BCUT2D eigenvalue weighted by molar-refractivity contribution is -0.107. The molecule has 0 amide bonds.